The zero-order valence-corrected chi connectivity index (χ0v) is 19.3. The van der Waals surface area contributed by atoms with Crippen LogP contribution < -0.4 is 5.73 Å². The molecular formula is C32H28N2. The van der Waals surface area contributed by atoms with Crippen molar-refractivity contribution in [2.24, 2.45) is 0 Å². The van der Waals surface area contributed by atoms with Crippen molar-refractivity contribution in [3.8, 4) is 0 Å². The van der Waals surface area contributed by atoms with Gasteiger partial charge in [-0.3, -0.25) is 0 Å². The minimum Gasteiger partial charge on any atom is -0.399 e. The van der Waals surface area contributed by atoms with Crippen LogP contribution in [0.15, 0.2) is 134 Å². The van der Waals surface area contributed by atoms with Crippen molar-refractivity contribution < 1.29 is 0 Å². The number of H-pyrrole nitrogens is 1. The van der Waals surface area contributed by atoms with E-state index in [0.717, 1.165) is 22.1 Å². The molecule has 1 aromatic heterocycles. The number of hydrogen-bond acceptors (Lipinski definition) is 1. The fourth-order valence-corrected chi connectivity index (χ4v) is 5.18. The van der Waals surface area contributed by atoms with E-state index in [1.165, 1.54) is 27.6 Å². The van der Waals surface area contributed by atoms with Crippen LogP contribution in [0.2, 0.25) is 0 Å². The molecule has 166 valence electrons. The van der Waals surface area contributed by atoms with E-state index in [1.807, 2.05) is 12.1 Å². The Morgan fingerprint density at radius 3 is 2.12 bits per heavy atom. The lowest BCUT2D eigenvalue weighted by atomic mass is 9.64. The molecule has 0 aliphatic heterocycles. The van der Waals surface area contributed by atoms with E-state index in [-0.39, 0.29) is 0 Å². The zero-order valence-electron chi connectivity index (χ0n) is 19.3. The molecule has 34 heavy (non-hydrogen) atoms. The Bertz CT molecular complexity index is 1480. The highest BCUT2D eigenvalue weighted by atomic mass is 14.7. The summed E-state index contributed by atoms with van der Waals surface area (Å²) in [5.74, 6) is 0. The molecule has 0 radical (unpaired) electrons. The van der Waals surface area contributed by atoms with Crippen LogP contribution in [0.4, 0.5) is 5.69 Å². The smallest absolute Gasteiger partial charge is 0.0682 e. The van der Waals surface area contributed by atoms with Gasteiger partial charge in [-0.25, -0.2) is 0 Å². The Hall–Kier alpha value is -4.30. The quantitative estimate of drug-likeness (QED) is 0.157. The summed E-state index contributed by atoms with van der Waals surface area (Å²) in [7, 11) is 0. The molecule has 2 nitrogen and oxygen atoms in total. The number of nitrogen functional groups attached to an aromatic ring is 1. The maximum atomic E-state index is 6.16. The highest BCUT2D eigenvalue weighted by Crippen LogP contribution is 2.48. The van der Waals surface area contributed by atoms with E-state index in [0.29, 0.717) is 0 Å². The fourth-order valence-electron chi connectivity index (χ4n) is 5.18. The molecule has 0 spiro atoms. The van der Waals surface area contributed by atoms with Crippen molar-refractivity contribution in [3.05, 3.63) is 150 Å². The molecule has 0 unspecified atom stereocenters. The molecule has 1 heterocycles. The monoisotopic (exact) mass is 440 g/mol. The molecule has 0 fully saturated rings. The summed E-state index contributed by atoms with van der Waals surface area (Å²) in [6, 6.07) is 34.1. The Balaban J connectivity index is 1.95. The second-order valence-electron chi connectivity index (χ2n) is 8.61. The van der Waals surface area contributed by atoms with E-state index in [2.05, 4.69) is 122 Å². The van der Waals surface area contributed by atoms with Crippen LogP contribution in [0.5, 0.6) is 0 Å². The lowest BCUT2D eigenvalue weighted by molar-refractivity contribution is 0.730. The van der Waals surface area contributed by atoms with Gasteiger partial charge < -0.3 is 10.7 Å². The van der Waals surface area contributed by atoms with Gasteiger partial charge in [0.1, 0.15) is 0 Å². The first-order chi connectivity index (χ1) is 16.7. The molecule has 4 aromatic carbocycles. The van der Waals surface area contributed by atoms with Crippen LogP contribution in [-0.2, 0) is 5.41 Å². The Morgan fingerprint density at radius 1 is 0.794 bits per heavy atom. The summed E-state index contributed by atoms with van der Waals surface area (Å²) in [6.07, 6.45) is 8.03. The molecule has 0 amide bonds. The van der Waals surface area contributed by atoms with Gasteiger partial charge in [0, 0.05) is 22.0 Å². The standard InChI is InChI=1S/C32H28N2/c1-3-4-7-13-23(2)32(24-14-8-5-9-15-24,25-16-10-6-11-17-25)29-19-12-18-27-28-22-26(33)20-21-30(28)34-31(27)29/h3-22,34H,1,33H2,2H3/b7-4-,23-13+. The SMILES string of the molecule is C=C/C=C\C=C(/C)C(c1ccccc1)(c1ccccc1)c1cccc2c1[nH]c1ccc(N)cc12. The first-order valence-electron chi connectivity index (χ1n) is 11.5. The summed E-state index contributed by atoms with van der Waals surface area (Å²) < 4.78 is 0. The number of para-hydroxylation sites is 1. The van der Waals surface area contributed by atoms with Gasteiger partial charge in [0.2, 0.25) is 0 Å². The highest BCUT2D eigenvalue weighted by Gasteiger charge is 2.39. The largest absolute Gasteiger partial charge is 0.399 e. The van der Waals surface area contributed by atoms with E-state index < -0.39 is 5.41 Å². The molecule has 0 aliphatic carbocycles. The van der Waals surface area contributed by atoms with E-state index >= 15 is 0 Å². The minimum atomic E-state index is -0.500. The van der Waals surface area contributed by atoms with Crippen LogP contribution in [-0.4, -0.2) is 4.98 Å². The number of nitrogens with one attached hydrogen (secondary N) is 1. The first kappa shape index (κ1) is 21.5. The second-order valence-corrected chi connectivity index (χ2v) is 8.61. The predicted molar refractivity (Wildman–Crippen MR) is 146 cm³/mol. The van der Waals surface area contributed by atoms with Crippen LogP contribution in [0, 0.1) is 0 Å². The number of allylic oxidation sites excluding steroid dienone is 5. The molecule has 5 aromatic rings. The highest BCUT2D eigenvalue weighted by molar-refractivity contribution is 6.09. The lowest BCUT2D eigenvalue weighted by Crippen LogP contribution is -2.31. The van der Waals surface area contributed by atoms with Gasteiger partial charge in [0.25, 0.3) is 0 Å². The summed E-state index contributed by atoms with van der Waals surface area (Å²) in [4.78, 5) is 3.72. The number of hydrogen-bond donors (Lipinski definition) is 2. The summed E-state index contributed by atoms with van der Waals surface area (Å²) in [5, 5.41) is 2.31. The third kappa shape index (κ3) is 3.45. The molecule has 0 bridgehead atoms. The normalized spacial score (nSPS) is 12.6. The molecule has 0 aliphatic rings. The number of anilines is 1. The van der Waals surface area contributed by atoms with Crippen LogP contribution >= 0.6 is 0 Å². The average Bonchev–Trinajstić information content (AvgIpc) is 3.24. The molecule has 3 N–H and O–H groups in total. The average molecular weight is 441 g/mol. The molecule has 2 heteroatoms. The van der Waals surface area contributed by atoms with Gasteiger partial charge in [0.15, 0.2) is 0 Å². The predicted octanol–water partition coefficient (Wildman–Crippen LogP) is 7.93. The lowest BCUT2D eigenvalue weighted by Gasteiger charge is -2.37. The Morgan fingerprint density at radius 2 is 1.47 bits per heavy atom. The van der Waals surface area contributed by atoms with Crippen molar-refractivity contribution >= 4 is 27.5 Å². The zero-order chi connectivity index (χ0) is 23.5. The van der Waals surface area contributed by atoms with Crippen molar-refractivity contribution in [2.75, 3.05) is 5.73 Å². The third-order valence-corrected chi connectivity index (χ3v) is 6.66. The molecule has 0 atom stereocenters. The van der Waals surface area contributed by atoms with Gasteiger partial charge in [0.05, 0.1) is 10.9 Å². The summed E-state index contributed by atoms with van der Waals surface area (Å²) >= 11 is 0. The van der Waals surface area contributed by atoms with Gasteiger partial charge in [-0.2, -0.15) is 0 Å². The molecule has 0 saturated carbocycles. The van der Waals surface area contributed by atoms with Gasteiger partial charge in [-0.15, -0.1) is 0 Å². The number of rotatable bonds is 6. The Labute approximate surface area is 200 Å². The summed E-state index contributed by atoms with van der Waals surface area (Å²) in [6.45, 7) is 6.05. The van der Waals surface area contributed by atoms with Crippen molar-refractivity contribution in [1.29, 1.82) is 0 Å². The van der Waals surface area contributed by atoms with E-state index in [9.17, 15) is 0 Å². The van der Waals surface area contributed by atoms with Crippen LogP contribution in [0.3, 0.4) is 0 Å². The van der Waals surface area contributed by atoms with Gasteiger partial charge in [-0.05, 0) is 41.8 Å². The summed E-state index contributed by atoms with van der Waals surface area (Å²) in [5.41, 5.74) is 13.5. The fraction of sp³-hybridized carbons (Fsp3) is 0.0625. The van der Waals surface area contributed by atoms with Gasteiger partial charge >= 0.3 is 0 Å². The first-order valence-corrected chi connectivity index (χ1v) is 11.5. The number of benzene rings is 4. The minimum absolute atomic E-state index is 0.500. The van der Waals surface area contributed by atoms with Crippen LogP contribution in [0.25, 0.3) is 21.8 Å². The number of aromatic amines is 1. The maximum absolute atomic E-state index is 6.16. The molecule has 0 saturated heterocycles. The third-order valence-electron chi connectivity index (χ3n) is 6.66. The number of nitrogens with two attached hydrogens (primary N) is 1. The number of aromatic nitrogens is 1. The number of fused-ring (bicyclic) bond motifs is 3. The topological polar surface area (TPSA) is 41.8 Å². The van der Waals surface area contributed by atoms with E-state index in [4.69, 9.17) is 5.73 Å². The van der Waals surface area contributed by atoms with Crippen molar-refractivity contribution in [3.63, 3.8) is 0 Å². The van der Waals surface area contributed by atoms with E-state index in [1.54, 1.807) is 6.08 Å². The molecule has 5 rings (SSSR count). The van der Waals surface area contributed by atoms with Crippen LogP contribution in [0.1, 0.15) is 23.6 Å². The van der Waals surface area contributed by atoms with Gasteiger partial charge in [-0.1, -0.05) is 115 Å². The molecular weight excluding hydrogens is 412 g/mol. The maximum Gasteiger partial charge on any atom is 0.0682 e. The second kappa shape index (κ2) is 8.92. The Kier molecular flexibility index (Phi) is 5.65. The van der Waals surface area contributed by atoms with Crippen molar-refractivity contribution in [1.82, 2.24) is 4.98 Å². The van der Waals surface area contributed by atoms with Crippen molar-refractivity contribution in [2.45, 2.75) is 12.3 Å².